The van der Waals surface area contributed by atoms with Crippen LogP contribution in [-0.4, -0.2) is 71.6 Å². The van der Waals surface area contributed by atoms with Gasteiger partial charge in [-0.3, -0.25) is 9.79 Å². The van der Waals surface area contributed by atoms with E-state index in [-0.39, 0.29) is 41.9 Å². The number of guanidine groups is 1. The summed E-state index contributed by atoms with van der Waals surface area (Å²) in [5.74, 6) is 1.32. The first-order chi connectivity index (χ1) is 10.7. The number of carbonyl (C=O) groups is 1. The van der Waals surface area contributed by atoms with Crippen LogP contribution in [0.2, 0.25) is 0 Å². The number of rotatable bonds is 4. The van der Waals surface area contributed by atoms with Crippen LogP contribution in [-0.2, 0) is 4.79 Å². The van der Waals surface area contributed by atoms with E-state index in [0.717, 1.165) is 44.9 Å². The Morgan fingerprint density at radius 3 is 2.65 bits per heavy atom. The molecular formula is C16H29IN4O2. The number of hydrogen-bond acceptors (Lipinski definition) is 3. The maximum absolute atomic E-state index is 12.3. The van der Waals surface area contributed by atoms with E-state index in [9.17, 15) is 9.90 Å². The first kappa shape index (κ1) is 18.8. The second kappa shape index (κ2) is 8.50. The van der Waals surface area contributed by atoms with Crippen LogP contribution >= 0.6 is 24.0 Å². The molecule has 0 radical (unpaired) electrons. The lowest BCUT2D eigenvalue weighted by molar-refractivity contribution is -0.135. The minimum absolute atomic E-state index is 0. The summed E-state index contributed by atoms with van der Waals surface area (Å²) in [7, 11) is 0. The van der Waals surface area contributed by atoms with Gasteiger partial charge < -0.3 is 20.2 Å². The Labute approximate surface area is 155 Å². The highest BCUT2D eigenvalue weighted by molar-refractivity contribution is 14.0. The maximum Gasteiger partial charge on any atom is 0.242 e. The average Bonchev–Trinajstić information content (AvgIpc) is 3.26. The standard InChI is InChI=1S/C16H28N4O2.HI/c1-2-17-16(18-10-12-4-3-5-14(12)21)19-8-9-20(13-6-7-13)15(22)11-19;/h12-14,21H,2-11H2,1H3,(H,17,18);1H. The summed E-state index contributed by atoms with van der Waals surface area (Å²) >= 11 is 0. The molecule has 0 aromatic rings. The Balaban J connectivity index is 0.00000192. The van der Waals surface area contributed by atoms with Crippen LogP contribution in [0.15, 0.2) is 4.99 Å². The van der Waals surface area contributed by atoms with Gasteiger partial charge in [-0.1, -0.05) is 6.42 Å². The Morgan fingerprint density at radius 2 is 2.09 bits per heavy atom. The number of nitrogens with one attached hydrogen (secondary N) is 1. The van der Waals surface area contributed by atoms with E-state index >= 15 is 0 Å². The summed E-state index contributed by atoms with van der Waals surface area (Å²) in [6.45, 7) is 5.57. The van der Waals surface area contributed by atoms with E-state index in [1.54, 1.807) is 0 Å². The Kier molecular flexibility index (Phi) is 6.94. The number of aliphatic hydroxyl groups excluding tert-OH is 1. The molecule has 1 heterocycles. The van der Waals surface area contributed by atoms with Crippen molar-refractivity contribution in [3.8, 4) is 0 Å². The van der Waals surface area contributed by atoms with Gasteiger partial charge in [-0.2, -0.15) is 0 Å². The fourth-order valence-corrected chi connectivity index (χ4v) is 3.50. The van der Waals surface area contributed by atoms with Gasteiger partial charge in [0.25, 0.3) is 0 Å². The van der Waals surface area contributed by atoms with Crippen LogP contribution in [0.3, 0.4) is 0 Å². The molecule has 0 bridgehead atoms. The Morgan fingerprint density at radius 1 is 1.30 bits per heavy atom. The molecule has 3 aliphatic rings. The van der Waals surface area contributed by atoms with E-state index in [1.807, 2.05) is 11.8 Å². The molecule has 6 nitrogen and oxygen atoms in total. The maximum atomic E-state index is 12.3. The number of hydrogen-bond donors (Lipinski definition) is 2. The number of halogens is 1. The summed E-state index contributed by atoms with van der Waals surface area (Å²) in [6, 6.07) is 0.503. The number of aliphatic imine (C=N–C) groups is 1. The monoisotopic (exact) mass is 436 g/mol. The fraction of sp³-hybridized carbons (Fsp3) is 0.875. The molecule has 2 aliphatic carbocycles. The Hall–Kier alpha value is -0.570. The molecule has 7 heteroatoms. The molecule has 2 N–H and O–H groups in total. The molecule has 3 rings (SSSR count). The van der Waals surface area contributed by atoms with Crippen molar-refractivity contribution in [2.24, 2.45) is 10.9 Å². The van der Waals surface area contributed by atoms with Gasteiger partial charge in [0.05, 0.1) is 12.6 Å². The largest absolute Gasteiger partial charge is 0.393 e. The van der Waals surface area contributed by atoms with Crippen molar-refractivity contribution in [1.29, 1.82) is 0 Å². The Bertz CT molecular complexity index is 442. The fourth-order valence-electron chi connectivity index (χ4n) is 3.50. The predicted octanol–water partition coefficient (Wildman–Crippen LogP) is 1.04. The molecule has 1 saturated heterocycles. The van der Waals surface area contributed by atoms with Crippen LogP contribution < -0.4 is 5.32 Å². The van der Waals surface area contributed by atoms with Crippen molar-refractivity contribution >= 4 is 35.8 Å². The lowest BCUT2D eigenvalue weighted by Crippen LogP contribution is -2.55. The van der Waals surface area contributed by atoms with Crippen molar-refractivity contribution in [3.63, 3.8) is 0 Å². The molecule has 1 amide bonds. The minimum atomic E-state index is -0.208. The number of amides is 1. The molecule has 1 aliphatic heterocycles. The van der Waals surface area contributed by atoms with E-state index in [4.69, 9.17) is 4.99 Å². The summed E-state index contributed by atoms with van der Waals surface area (Å²) in [5.41, 5.74) is 0. The first-order valence-corrected chi connectivity index (χ1v) is 8.70. The smallest absolute Gasteiger partial charge is 0.242 e. The molecule has 3 fully saturated rings. The molecule has 132 valence electrons. The van der Waals surface area contributed by atoms with Crippen LogP contribution in [0.4, 0.5) is 0 Å². The molecule has 0 aromatic heterocycles. The van der Waals surface area contributed by atoms with Crippen LogP contribution in [0.5, 0.6) is 0 Å². The molecule has 2 unspecified atom stereocenters. The number of aliphatic hydroxyl groups is 1. The third kappa shape index (κ3) is 4.71. The zero-order chi connectivity index (χ0) is 15.5. The summed E-state index contributed by atoms with van der Waals surface area (Å²) in [4.78, 5) is 21.0. The lowest BCUT2D eigenvalue weighted by atomic mass is 10.1. The van der Waals surface area contributed by atoms with Crippen LogP contribution in [0.25, 0.3) is 0 Å². The van der Waals surface area contributed by atoms with E-state index in [0.29, 0.717) is 19.1 Å². The number of piperazine rings is 1. The third-order valence-corrected chi connectivity index (χ3v) is 4.97. The predicted molar refractivity (Wildman–Crippen MR) is 101 cm³/mol. The minimum Gasteiger partial charge on any atom is -0.393 e. The SMILES string of the molecule is CCNC(=NCC1CCCC1O)N1CCN(C2CC2)C(=O)C1.I. The molecular weight excluding hydrogens is 407 g/mol. The van der Waals surface area contributed by atoms with Gasteiger partial charge in [-0.05, 0) is 32.6 Å². The van der Waals surface area contributed by atoms with Crippen LogP contribution in [0.1, 0.15) is 39.0 Å². The van der Waals surface area contributed by atoms with Crippen molar-refractivity contribution in [1.82, 2.24) is 15.1 Å². The molecule has 0 spiro atoms. The van der Waals surface area contributed by atoms with Gasteiger partial charge >= 0.3 is 0 Å². The third-order valence-electron chi connectivity index (χ3n) is 4.97. The highest BCUT2D eigenvalue weighted by atomic mass is 127. The van der Waals surface area contributed by atoms with E-state index in [2.05, 4.69) is 10.2 Å². The quantitative estimate of drug-likeness (QED) is 0.393. The van der Waals surface area contributed by atoms with Gasteiger partial charge in [-0.25, -0.2) is 0 Å². The van der Waals surface area contributed by atoms with E-state index in [1.165, 1.54) is 12.8 Å². The molecule has 2 saturated carbocycles. The van der Waals surface area contributed by atoms with Gasteiger partial charge in [0, 0.05) is 38.1 Å². The second-order valence-corrected chi connectivity index (χ2v) is 6.69. The first-order valence-electron chi connectivity index (χ1n) is 8.70. The molecule has 2 atom stereocenters. The molecule has 0 aromatic carbocycles. The van der Waals surface area contributed by atoms with Gasteiger partial charge in [0.1, 0.15) is 0 Å². The normalized spacial score (nSPS) is 28.8. The second-order valence-electron chi connectivity index (χ2n) is 6.69. The summed E-state index contributed by atoms with van der Waals surface area (Å²) < 4.78 is 0. The summed E-state index contributed by atoms with van der Waals surface area (Å²) in [5, 5.41) is 13.2. The van der Waals surface area contributed by atoms with Gasteiger partial charge in [0.15, 0.2) is 5.96 Å². The highest BCUT2D eigenvalue weighted by Crippen LogP contribution is 2.28. The van der Waals surface area contributed by atoms with Crippen molar-refractivity contribution < 1.29 is 9.90 Å². The van der Waals surface area contributed by atoms with E-state index < -0.39 is 0 Å². The van der Waals surface area contributed by atoms with Gasteiger partial charge in [0.2, 0.25) is 5.91 Å². The topological polar surface area (TPSA) is 68.2 Å². The van der Waals surface area contributed by atoms with Gasteiger partial charge in [-0.15, -0.1) is 24.0 Å². The van der Waals surface area contributed by atoms with Crippen molar-refractivity contribution in [2.45, 2.75) is 51.2 Å². The zero-order valence-corrected chi connectivity index (χ0v) is 16.2. The average molecular weight is 436 g/mol. The number of nitrogens with zero attached hydrogens (tertiary/aromatic N) is 3. The highest BCUT2D eigenvalue weighted by Gasteiger charge is 2.36. The molecule has 23 heavy (non-hydrogen) atoms. The number of carbonyl (C=O) groups excluding carboxylic acids is 1. The summed E-state index contributed by atoms with van der Waals surface area (Å²) in [6.07, 6.45) is 5.17. The van der Waals surface area contributed by atoms with Crippen molar-refractivity contribution in [2.75, 3.05) is 32.7 Å². The lowest BCUT2D eigenvalue weighted by Gasteiger charge is -2.36. The van der Waals surface area contributed by atoms with Crippen LogP contribution in [0, 0.1) is 5.92 Å². The zero-order valence-electron chi connectivity index (χ0n) is 13.9. The van der Waals surface area contributed by atoms with Crippen molar-refractivity contribution in [3.05, 3.63) is 0 Å².